The first-order valence-corrected chi connectivity index (χ1v) is 4.30. The van der Waals surface area contributed by atoms with Gasteiger partial charge >= 0.3 is 0 Å². The maximum Gasteiger partial charge on any atom is 0.113 e. The van der Waals surface area contributed by atoms with Crippen LogP contribution in [-0.2, 0) is 4.74 Å². The average molecular weight is 178 g/mol. The van der Waals surface area contributed by atoms with E-state index in [-0.39, 0.29) is 0 Å². The van der Waals surface area contributed by atoms with E-state index in [4.69, 9.17) is 9.84 Å². The minimum absolute atomic E-state index is 0.337. The molecule has 0 saturated heterocycles. The molecule has 1 rings (SSSR count). The van der Waals surface area contributed by atoms with Gasteiger partial charge in [0.1, 0.15) is 6.61 Å². The number of aliphatic hydroxyl groups is 1. The predicted octanol–water partition coefficient (Wildman–Crippen LogP) is 2.05. The van der Waals surface area contributed by atoms with Crippen molar-refractivity contribution < 1.29 is 9.84 Å². The summed E-state index contributed by atoms with van der Waals surface area (Å²) in [4.78, 5) is 0. The molecule has 1 aromatic carbocycles. The van der Waals surface area contributed by atoms with E-state index in [2.05, 4.69) is 0 Å². The molecular formula is C11H14O2. The second kappa shape index (κ2) is 5.38. The van der Waals surface area contributed by atoms with Gasteiger partial charge in [-0.15, -0.1) is 0 Å². The maximum absolute atomic E-state index is 8.89. The summed E-state index contributed by atoms with van der Waals surface area (Å²) < 4.78 is 5.07. The molecule has 0 aliphatic carbocycles. The van der Waals surface area contributed by atoms with Crippen molar-refractivity contribution in [1.29, 1.82) is 0 Å². The van der Waals surface area contributed by atoms with E-state index >= 15 is 0 Å². The van der Waals surface area contributed by atoms with Crippen LogP contribution in [0.2, 0.25) is 0 Å². The van der Waals surface area contributed by atoms with Crippen LogP contribution in [0.1, 0.15) is 12.5 Å². The molecule has 0 heterocycles. The van der Waals surface area contributed by atoms with Crippen molar-refractivity contribution in [3.05, 3.63) is 42.2 Å². The molecule has 0 spiro atoms. The number of benzene rings is 1. The lowest BCUT2D eigenvalue weighted by Gasteiger charge is -2.01. The Kier molecular flexibility index (Phi) is 4.06. The Balaban J connectivity index is 2.33. The third-order valence-corrected chi connectivity index (χ3v) is 1.49. The number of rotatable bonds is 4. The SMILES string of the molecule is CC(O)COC=Cc1ccccc1. The summed E-state index contributed by atoms with van der Waals surface area (Å²) in [6, 6.07) is 9.88. The van der Waals surface area contributed by atoms with E-state index in [1.807, 2.05) is 36.4 Å². The highest BCUT2D eigenvalue weighted by molar-refractivity contribution is 5.47. The van der Waals surface area contributed by atoms with Crippen LogP contribution >= 0.6 is 0 Å². The van der Waals surface area contributed by atoms with Gasteiger partial charge in [-0.05, 0) is 18.6 Å². The van der Waals surface area contributed by atoms with E-state index in [0.29, 0.717) is 6.61 Å². The van der Waals surface area contributed by atoms with Crippen molar-refractivity contribution in [3.63, 3.8) is 0 Å². The van der Waals surface area contributed by atoms with Crippen LogP contribution in [0.25, 0.3) is 6.08 Å². The molecule has 0 amide bonds. The Labute approximate surface area is 78.5 Å². The lowest BCUT2D eigenvalue weighted by Crippen LogP contribution is -2.06. The number of hydrogen-bond donors (Lipinski definition) is 1. The normalized spacial score (nSPS) is 13.1. The van der Waals surface area contributed by atoms with Gasteiger partial charge in [-0.1, -0.05) is 30.3 Å². The lowest BCUT2D eigenvalue weighted by atomic mass is 10.2. The molecule has 1 atom stereocenters. The van der Waals surface area contributed by atoms with E-state index in [9.17, 15) is 0 Å². The molecule has 0 saturated carbocycles. The first kappa shape index (κ1) is 9.81. The Morgan fingerprint density at radius 2 is 2.08 bits per heavy atom. The second-order valence-electron chi connectivity index (χ2n) is 2.90. The first-order chi connectivity index (χ1) is 6.29. The number of hydrogen-bond acceptors (Lipinski definition) is 2. The summed E-state index contributed by atoms with van der Waals surface area (Å²) in [5.74, 6) is 0. The fourth-order valence-electron chi connectivity index (χ4n) is 0.886. The first-order valence-electron chi connectivity index (χ1n) is 4.30. The average Bonchev–Trinajstić information content (AvgIpc) is 2.14. The highest BCUT2D eigenvalue weighted by Crippen LogP contribution is 2.00. The van der Waals surface area contributed by atoms with Crippen molar-refractivity contribution in [2.45, 2.75) is 13.0 Å². The Morgan fingerprint density at radius 3 is 2.69 bits per heavy atom. The molecule has 70 valence electrons. The molecule has 0 aromatic heterocycles. The van der Waals surface area contributed by atoms with Crippen LogP contribution in [0.5, 0.6) is 0 Å². The highest BCUT2D eigenvalue weighted by Gasteiger charge is 1.90. The van der Waals surface area contributed by atoms with E-state index in [0.717, 1.165) is 5.56 Å². The van der Waals surface area contributed by atoms with E-state index in [1.54, 1.807) is 13.2 Å². The third-order valence-electron chi connectivity index (χ3n) is 1.49. The van der Waals surface area contributed by atoms with Crippen LogP contribution in [0, 0.1) is 0 Å². The van der Waals surface area contributed by atoms with Crippen molar-refractivity contribution in [1.82, 2.24) is 0 Å². The van der Waals surface area contributed by atoms with Crippen molar-refractivity contribution in [2.24, 2.45) is 0 Å². The van der Waals surface area contributed by atoms with Gasteiger partial charge < -0.3 is 9.84 Å². The summed E-state index contributed by atoms with van der Waals surface area (Å²) in [6.45, 7) is 2.03. The third kappa shape index (κ3) is 4.33. The number of aliphatic hydroxyl groups excluding tert-OH is 1. The van der Waals surface area contributed by atoms with Crippen molar-refractivity contribution in [2.75, 3.05) is 6.61 Å². The van der Waals surface area contributed by atoms with Gasteiger partial charge in [0.2, 0.25) is 0 Å². The van der Waals surface area contributed by atoms with Crippen LogP contribution < -0.4 is 0 Å². The fourth-order valence-corrected chi connectivity index (χ4v) is 0.886. The zero-order valence-corrected chi connectivity index (χ0v) is 7.68. The molecule has 1 N–H and O–H groups in total. The minimum atomic E-state index is -0.416. The topological polar surface area (TPSA) is 29.5 Å². The summed E-state index contributed by atoms with van der Waals surface area (Å²) in [7, 11) is 0. The standard InChI is InChI=1S/C11H14O2/c1-10(12)9-13-8-7-11-5-3-2-4-6-11/h2-8,10,12H,9H2,1H3. The molecule has 1 unspecified atom stereocenters. The molecule has 0 aliphatic heterocycles. The van der Waals surface area contributed by atoms with Gasteiger partial charge in [0.05, 0.1) is 12.4 Å². The van der Waals surface area contributed by atoms with Crippen molar-refractivity contribution >= 4 is 6.08 Å². The molecule has 2 nitrogen and oxygen atoms in total. The largest absolute Gasteiger partial charge is 0.498 e. The van der Waals surface area contributed by atoms with Gasteiger partial charge in [0.25, 0.3) is 0 Å². The summed E-state index contributed by atoms with van der Waals surface area (Å²) >= 11 is 0. The van der Waals surface area contributed by atoms with Crippen LogP contribution in [0.15, 0.2) is 36.6 Å². The van der Waals surface area contributed by atoms with Gasteiger partial charge in [-0.3, -0.25) is 0 Å². The summed E-state index contributed by atoms with van der Waals surface area (Å²) in [5, 5.41) is 8.89. The second-order valence-corrected chi connectivity index (χ2v) is 2.90. The van der Waals surface area contributed by atoms with Gasteiger partial charge in [-0.25, -0.2) is 0 Å². The Bertz CT molecular complexity index is 252. The van der Waals surface area contributed by atoms with Crippen molar-refractivity contribution in [3.8, 4) is 0 Å². The van der Waals surface area contributed by atoms with Gasteiger partial charge in [-0.2, -0.15) is 0 Å². The lowest BCUT2D eigenvalue weighted by molar-refractivity contribution is 0.0985. The molecule has 2 heteroatoms. The summed E-state index contributed by atoms with van der Waals surface area (Å²) in [6.07, 6.45) is 3.05. The molecule has 13 heavy (non-hydrogen) atoms. The van der Waals surface area contributed by atoms with Crippen LogP contribution in [0.4, 0.5) is 0 Å². The highest BCUT2D eigenvalue weighted by atomic mass is 16.5. The van der Waals surface area contributed by atoms with E-state index < -0.39 is 6.10 Å². The Morgan fingerprint density at radius 1 is 1.38 bits per heavy atom. The zero-order chi connectivity index (χ0) is 9.52. The summed E-state index contributed by atoms with van der Waals surface area (Å²) in [5.41, 5.74) is 1.09. The van der Waals surface area contributed by atoms with Crippen LogP contribution in [-0.4, -0.2) is 17.8 Å². The molecule has 0 radical (unpaired) electrons. The molecule has 0 bridgehead atoms. The minimum Gasteiger partial charge on any atom is -0.498 e. The predicted molar refractivity (Wildman–Crippen MR) is 53.1 cm³/mol. The van der Waals surface area contributed by atoms with Gasteiger partial charge in [0.15, 0.2) is 0 Å². The fraction of sp³-hybridized carbons (Fsp3) is 0.273. The molecule has 0 fully saturated rings. The van der Waals surface area contributed by atoms with Crippen LogP contribution in [0.3, 0.4) is 0 Å². The Hall–Kier alpha value is -1.28. The quantitative estimate of drug-likeness (QED) is 0.715. The van der Waals surface area contributed by atoms with E-state index in [1.165, 1.54) is 0 Å². The molecule has 0 aliphatic rings. The van der Waals surface area contributed by atoms with Gasteiger partial charge in [0, 0.05) is 0 Å². The zero-order valence-electron chi connectivity index (χ0n) is 7.68. The molecular weight excluding hydrogens is 164 g/mol. The molecule has 1 aromatic rings. The smallest absolute Gasteiger partial charge is 0.113 e. The number of ether oxygens (including phenoxy) is 1. The monoisotopic (exact) mass is 178 g/mol. The maximum atomic E-state index is 8.89.